The molecule has 0 saturated heterocycles. The first-order valence-electron chi connectivity index (χ1n) is 10.1. The molecule has 0 fully saturated rings. The van der Waals surface area contributed by atoms with Crippen LogP contribution < -0.4 is 10.9 Å². The first-order valence-corrected chi connectivity index (χ1v) is 10.1. The average molecular weight is 419 g/mol. The van der Waals surface area contributed by atoms with Crippen LogP contribution in [0.1, 0.15) is 24.0 Å². The van der Waals surface area contributed by atoms with Gasteiger partial charge in [-0.05, 0) is 53.9 Å². The minimum absolute atomic E-state index is 0.103. The molecule has 7 heteroatoms. The van der Waals surface area contributed by atoms with E-state index in [1.807, 2.05) is 18.2 Å². The number of hydrogen-bond donors (Lipinski definition) is 1. The van der Waals surface area contributed by atoms with Gasteiger partial charge in [-0.3, -0.25) is 19.0 Å². The summed E-state index contributed by atoms with van der Waals surface area (Å²) < 4.78 is 14.7. The van der Waals surface area contributed by atoms with E-state index in [2.05, 4.69) is 5.32 Å². The molecule has 31 heavy (non-hydrogen) atoms. The lowest BCUT2D eigenvalue weighted by Crippen LogP contribution is -2.37. The maximum Gasteiger partial charge on any atom is 0.255 e. The molecule has 158 valence electrons. The number of nitrogens with one attached hydrogen (secondary N) is 1. The number of nitrogens with zero attached hydrogens (tertiary/aromatic N) is 2. The molecule has 0 saturated carbocycles. The Bertz CT molecular complexity index is 1160. The number of carbonyl (C=O) groups is 2. The third-order valence-corrected chi connectivity index (χ3v) is 5.33. The molecular weight excluding hydrogens is 397 g/mol. The monoisotopic (exact) mass is 419 g/mol. The summed E-state index contributed by atoms with van der Waals surface area (Å²) in [6, 6.07) is 16.4. The number of anilines is 1. The zero-order valence-corrected chi connectivity index (χ0v) is 16.9. The number of rotatable bonds is 5. The minimum atomic E-state index is -0.372. The van der Waals surface area contributed by atoms with Crippen LogP contribution in [0.2, 0.25) is 0 Å². The van der Waals surface area contributed by atoms with Crippen LogP contribution in [0, 0.1) is 5.82 Å². The summed E-state index contributed by atoms with van der Waals surface area (Å²) in [5.74, 6) is -0.682. The van der Waals surface area contributed by atoms with Gasteiger partial charge in [-0.2, -0.15) is 0 Å². The number of amides is 2. The van der Waals surface area contributed by atoms with Crippen molar-refractivity contribution >= 4 is 17.5 Å². The Hall–Kier alpha value is -3.74. The molecule has 0 bridgehead atoms. The minimum Gasteiger partial charge on any atom is -0.338 e. The van der Waals surface area contributed by atoms with Crippen molar-refractivity contribution in [1.82, 2.24) is 9.47 Å². The van der Waals surface area contributed by atoms with Crippen molar-refractivity contribution in [3.05, 3.63) is 94.2 Å². The van der Waals surface area contributed by atoms with Crippen LogP contribution in [0.25, 0.3) is 5.69 Å². The molecule has 2 heterocycles. The smallest absolute Gasteiger partial charge is 0.255 e. The molecule has 1 aliphatic rings. The fourth-order valence-corrected chi connectivity index (χ4v) is 3.67. The maximum absolute atomic E-state index is 13.2. The Labute approximate surface area is 178 Å². The Morgan fingerprint density at radius 2 is 1.71 bits per heavy atom. The zero-order valence-electron chi connectivity index (χ0n) is 16.9. The Kier molecular flexibility index (Phi) is 5.93. The number of hydrogen-bond acceptors (Lipinski definition) is 3. The first-order chi connectivity index (χ1) is 15.0. The van der Waals surface area contributed by atoms with Crippen LogP contribution in [0.4, 0.5) is 10.1 Å². The van der Waals surface area contributed by atoms with Gasteiger partial charge in [-0.25, -0.2) is 4.39 Å². The second kappa shape index (κ2) is 8.95. The highest BCUT2D eigenvalue weighted by Crippen LogP contribution is 2.20. The highest BCUT2D eigenvalue weighted by molar-refractivity contribution is 5.93. The van der Waals surface area contributed by atoms with Gasteiger partial charge in [0, 0.05) is 49.6 Å². The first kappa shape index (κ1) is 20.5. The number of pyridine rings is 1. The summed E-state index contributed by atoms with van der Waals surface area (Å²) >= 11 is 0. The zero-order chi connectivity index (χ0) is 21.8. The molecule has 0 spiro atoms. The normalized spacial score (nSPS) is 12.9. The van der Waals surface area contributed by atoms with E-state index in [1.54, 1.807) is 41.4 Å². The quantitative estimate of drug-likeness (QED) is 0.690. The maximum atomic E-state index is 13.2. The van der Waals surface area contributed by atoms with Crippen LogP contribution in [0.3, 0.4) is 0 Å². The summed E-state index contributed by atoms with van der Waals surface area (Å²) in [5.41, 5.74) is 2.86. The molecule has 4 rings (SSSR count). The van der Waals surface area contributed by atoms with Gasteiger partial charge < -0.3 is 10.2 Å². The highest BCUT2D eigenvalue weighted by Gasteiger charge is 2.22. The van der Waals surface area contributed by atoms with E-state index in [-0.39, 0.29) is 36.0 Å². The van der Waals surface area contributed by atoms with E-state index < -0.39 is 0 Å². The van der Waals surface area contributed by atoms with Crippen molar-refractivity contribution in [3.8, 4) is 5.69 Å². The summed E-state index contributed by atoms with van der Waals surface area (Å²) in [4.78, 5) is 38.9. The molecule has 1 aromatic heterocycles. The predicted molar refractivity (Wildman–Crippen MR) is 115 cm³/mol. The molecule has 2 aromatic carbocycles. The molecule has 0 radical (unpaired) electrons. The van der Waals surface area contributed by atoms with Crippen molar-refractivity contribution in [2.75, 3.05) is 11.9 Å². The van der Waals surface area contributed by atoms with E-state index in [1.165, 1.54) is 16.7 Å². The van der Waals surface area contributed by atoms with E-state index >= 15 is 0 Å². The summed E-state index contributed by atoms with van der Waals surface area (Å²) in [5, 5.41) is 2.78. The molecular formula is C24H22FN3O3. The van der Waals surface area contributed by atoms with E-state index in [0.29, 0.717) is 30.9 Å². The second-order valence-electron chi connectivity index (χ2n) is 7.49. The third kappa shape index (κ3) is 4.88. The van der Waals surface area contributed by atoms with E-state index in [9.17, 15) is 18.8 Å². The van der Waals surface area contributed by atoms with Gasteiger partial charge in [0.25, 0.3) is 5.56 Å². The lowest BCUT2D eigenvalue weighted by molar-refractivity contribution is -0.133. The predicted octanol–water partition coefficient (Wildman–Crippen LogP) is 3.28. The molecule has 1 N–H and O–H groups in total. The number of benzene rings is 2. The number of fused-ring (bicyclic) bond motifs is 1. The van der Waals surface area contributed by atoms with E-state index in [0.717, 1.165) is 11.1 Å². The standard InChI is InChI=1S/C24H22FN3O3/c25-19-6-8-21(9-7-19)28-16-18-15-27(13-12-17(18)14-24(28)31)23(30)11-10-22(29)26-20-4-2-1-3-5-20/h1-9,14,16H,10-13,15H2,(H,26,29). The third-order valence-electron chi connectivity index (χ3n) is 5.33. The molecule has 2 amide bonds. The van der Waals surface area contributed by atoms with Crippen molar-refractivity contribution < 1.29 is 14.0 Å². The van der Waals surface area contributed by atoms with Crippen LogP contribution in [-0.4, -0.2) is 27.8 Å². The van der Waals surface area contributed by atoms with Gasteiger partial charge in [0.2, 0.25) is 11.8 Å². The summed E-state index contributed by atoms with van der Waals surface area (Å²) in [6.45, 7) is 0.877. The van der Waals surface area contributed by atoms with Gasteiger partial charge in [-0.15, -0.1) is 0 Å². The van der Waals surface area contributed by atoms with Gasteiger partial charge >= 0.3 is 0 Å². The molecule has 0 unspecified atom stereocenters. The lowest BCUT2D eigenvalue weighted by Gasteiger charge is -2.29. The van der Waals surface area contributed by atoms with Crippen molar-refractivity contribution in [2.45, 2.75) is 25.8 Å². The summed E-state index contributed by atoms with van der Waals surface area (Å²) in [7, 11) is 0. The van der Waals surface area contributed by atoms with E-state index in [4.69, 9.17) is 0 Å². The molecule has 6 nitrogen and oxygen atoms in total. The SMILES string of the molecule is O=C(CCC(=O)N1CCc2cc(=O)n(-c3ccc(F)cc3)cc2C1)Nc1ccccc1. The Morgan fingerprint density at radius 3 is 2.45 bits per heavy atom. The number of para-hydroxylation sites is 1. The van der Waals surface area contributed by atoms with Gasteiger partial charge in [-0.1, -0.05) is 18.2 Å². The van der Waals surface area contributed by atoms with Gasteiger partial charge in [0.05, 0.1) is 0 Å². The number of aromatic nitrogens is 1. The van der Waals surface area contributed by atoms with Crippen molar-refractivity contribution in [3.63, 3.8) is 0 Å². The van der Waals surface area contributed by atoms with Gasteiger partial charge in [0.15, 0.2) is 0 Å². The van der Waals surface area contributed by atoms with Crippen LogP contribution in [0.5, 0.6) is 0 Å². The van der Waals surface area contributed by atoms with Crippen molar-refractivity contribution in [2.24, 2.45) is 0 Å². The van der Waals surface area contributed by atoms with Crippen LogP contribution in [-0.2, 0) is 22.6 Å². The number of halogens is 1. The van der Waals surface area contributed by atoms with Crippen molar-refractivity contribution in [1.29, 1.82) is 0 Å². The number of carbonyl (C=O) groups excluding carboxylic acids is 2. The molecule has 3 aromatic rings. The fourth-order valence-electron chi connectivity index (χ4n) is 3.67. The van der Waals surface area contributed by atoms with Gasteiger partial charge in [0.1, 0.15) is 5.82 Å². The Balaban J connectivity index is 1.41. The average Bonchev–Trinajstić information content (AvgIpc) is 2.78. The largest absolute Gasteiger partial charge is 0.338 e. The summed E-state index contributed by atoms with van der Waals surface area (Å²) in [6.07, 6.45) is 2.51. The molecule has 1 aliphatic heterocycles. The highest BCUT2D eigenvalue weighted by atomic mass is 19.1. The second-order valence-corrected chi connectivity index (χ2v) is 7.49. The fraction of sp³-hybridized carbons (Fsp3) is 0.208. The molecule has 0 aliphatic carbocycles. The van der Waals surface area contributed by atoms with Crippen LogP contribution in [0.15, 0.2) is 71.7 Å². The van der Waals surface area contributed by atoms with Crippen LogP contribution >= 0.6 is 0 Å². The molecule has 0 atom stereocenters. The Morgan fingerprint density at radius 1 is 0.968 bits per heavy atom. The topological polar surface area (TPSA) is 71.4 Å². The lowest BCUT2D eigenvalue weighted by atomic mass is 10.0.